The van der Waals surface area contributed by atoms with Crippen LogP contribution in [-0.2, 0) is 21.0 Å². The molecule has 174 valence electrons. The van der Waals surface area contributed by atoms with E-state index in [4.69, 9.17) is 0 Å². The third kappa shape index (κ3) is 5.87. The maximum atomic E-state index is 12.7. The average molecular weight is 490 g/mol. The Hall–Kier alpha value is -2.44. The van der Waals surface area contributed by atoms with Crippen molar-refractivity contribution in [3.05, 3.63) is 52.2 Å². The topological polar surface area (TPSA) is 86.8 Å². The quantitative estimate of drug-likeness (QED) is 0.606. The molecule has 2 aromatic rings. The number of alkyl halides is 3. The first-order valence-electron chi connectivity index (χ1n) is 9.84. The number of benzene rings is 1. The van der Waals surface area contributed by atoms with E-state index in [1.807, 2.05) is 0 Å². The number of rotatable bonds is 7. The number of amides is 2. The number of thiophene rings is 1. The van der Waals surface area contributed by atoms with Gasteiger partial charge in [0.15, 0.2) is 0 Å². The Bertz CT molecular complexity index is 1030. The molecule has 1 aromatic heterocycles. The molecule has 0 spiro atoms. The molecule has 1 N–H and O–H groups in total. The smallest absolute Gasteiger partial charge is 0.352 e. The second kappa shape index (κ2) is 10.0. The number of hydrogen-bond donors (Lipinski definition) is 1. The molecule has 0 bridgehead atoms. The van der Waals surface area contributed by atoms with Crippen LogP contribution in [0.15, 0.2) is 46.0 Å². The van der Waals surface area contributed by atoms with Gasteiger partial charge in [-0.1, -0.05) is 0 Å². The third-order valence-corrected chi connectivity index (χ3v) is 7.64. The van der Waals surface area contributed by atoms with Gasteiger partial charge in [-0.2, -0.15) is 28.8 Å². The van der Waals surface area contributed by atoms with Gasteiger partial charge in [0.05, 0.1) is 10.5 Å². The zero-order valence-electron chi connectivity index (χ0n) is 17.0. The summed E-state index contributed by atoms with van der Waals surface area (Å²) in [5.41, 5.74) is -0.343. The highest BCUT2D eigenvalue weighted by molar-refractivity contribution is 7.89. The lowest BCUT2D eigenvalue weighted by Gasteiger charge is -2.34. The van der Waals surface area contributed by atoms with E-state index in [0.29, 0.717) is 18.5 Å². The normalized spacial score (nSPS) is 15.5. The van der Waals surface area contributed by atoms with E-state index in [1.165, 1.54) is 15.6 Å². The van der Waals surface area contributed by atoms with E-state index in [-0.39, 0.29) is 49.3 Å². The van der Waals surface area contributed by atoms with Crippen LogP contribution in [0, 0.1) is 0 Å². The van der Waals surface area contributed by atoms with Gasteiger partial charge in [-0.05, 0) is 42.1 Å². The summed E-state index contributed by atoms with van der Waals surface area (Å²) in [5, 5.41) is 6.28. The van der Waals surface area contributed by atoms with E-state index in [2.05, 4.69) is 5.32 Å². The predicted octanol–water partition coefficient (Wildman–Crippen LogP) is 2.81. The Labute approximate surface area is 187 Å². The van der Waals surface area contributed by atoms with Crippen molar-refractivity contribution < 1.29 is 31.2 Å². The molecule has 12 heteroatoms. The molecular weight excluding hydrogens is 467 g/mol. The van der Waals surface area contributed by atoms with Gasteiger partial charge in [0.25, 0.3) is 5.91 Å². The van der Waals surface area contributed by atoms with E-state index in [9.17, 15) is 31.2 Å². The van der Waals surface area contributed by atoms with Crippen LogP contribution in [0.3, 0.4) is 0 Å². The maximum Gasteiger partial charge on any atom is 0.416 e. The molecule has 2 heterocycles. The summed E-state index contributed by atoms with van der Waals surface area (Å²) in [4.78, 5) is 25.6. The number of halogens is 3. The highest BCUT2D eigenvalue weighted by Crippen LogP contribution is 2.30. The van der Waals surface area contributed by atoms with Crippen LogP contribution in [0.4, 0.5) is 13.2 Å². The highest BCUT2D eigenvalue weighted by atomic mass is 32.2. The Balaban J connectivity index is 1.45. The molecule has 1 aliphatic rings. The fraction of sp³-hybridized carbons (Fsp3) is 0.400. The van der Waals surface area contributed by atoms with Crippen molar-refractivity contribution in [3.8, 4) is 0 Å². The maximum absolute atomic E-state index is 12.7. The van der Waals surface area contributed by atoms with Crippen molar-refractivity contribution in [2.75, 3.05) is 32.7 Å². The van der Waals surface area contributed by atoms with Gasteiger partial charge in [0, 0.05) is 50.1 Å². The average Bonchev–Trinajstić information content (AvgIpc) is 3.31. The van der Waals surface area contributed by atoms with Crippen LogP contribution in [0.2, 0.25) is 0 Å². The zero-order valence-corrected chi connectivity index (χ0v) is 18.6. The Morgan fingerprint density at radius 2 is 1.69 bits per heavy atom. The first-order chi connectivity index (χ1) is 15.1. The van der Waals surface area contributed by atoms with Gasteiger partial charge < -0.3 is 10.2 Å². The predicted molar refractivity (Wildman–Crippen MR) is 113 cm³/mol. The summed E-state index contributed by atoms with van der Waals surface area (Å²) < 4.78 is 64.6. The first kappa shape index (κ1) is 24.2. The van der Waals surface area contributed by atoms with Gasteiger partial charge in [-0.25, -0.2) is 8.42 Å². The van der Waals surface area contributed by atoms with Crippen LogP contribution in [0.1, 0.15) is 28.8 Å². The molecule has 1 aliphatic heterocycles. The summed E-state index contributed by atoms with van der Waals surface area (Å²) in [6.07, 6.45) is -3.87. The standard InChI is InChI=1S/C20H22F3N3O4S2/c21-20(22,23)16-3-5-17(6-4-16)32(29,30)26-11-9-25(10-12-26)18(27)2-1-8-24-19(28)15-7-13-31-14-15/h3-7,13-14H,1-2,8-12H2,(H,24,28). The summed E-state index contributed by atoms with van der Waals surface area (Å²) >= 11 is 1.42. The zero-order chi connectivity index (χ0) is 23.4. The molecule has 2 amide bonds. The summed E-state index contributed by atoms with van der Waals surface area (Å²) in [6.45, 7) is 0.858. The van der Waals surface area contributed by atoms with Crippen LogP contribution in [0.25, 0.3) is 0 Å². The van der Waals surface area contributed by atoms with Crippen LogP contribution in [0.5, 0.6) is 0 Å². The number of carbonyl (C=O) groups excluding carboxylic acids is 2. The van der Waals surface area contributed by atoms with Crippen molar-refractivity contribution in [3.63, 3.8) is 0 Å². The summed E-state index contributed by atoms with van der Waals surface area (Å²) in [5.74, 6) is -0.331. The molecule has 1 aromatic carbocycles. The van der Waals surface area contributed by atoms with E-state index in [1.54, 1.807) is 21.7 Å². The first-order valence-corrected chi connectivity index (χ1v) is 12.2. The Kier molecular flexibility index (Phi) is 7.57. The third-order valence-electron chi connectivity index (χ3n) is 5.05. The molecule has 3 rings (SSSR count). The molecule has 7 nitrogen and oxygen atoms in total. The van der Waals surface area contributed by atoms with Crippen molar-refractivity contribution >= 4 is 33.2 Å². The molecule has 1 saturated heterocycles. The lowest BCUT2D eigenvalue weighted by Crippen LogP contribution is -2.50. The minimum absolute atomic E-state index is 0.0595. The molecule has 0 unspecified atom stereocenters. The van der Waals surface area contributed by atoms with Gasteiger partial charge in [0.2, 0.25) is 15.9 Å². The lowest BCUT2D eigenvalue weighted by atomic mass is 10.2. The Morgan fingerprint density at radius 3 is 2.25 bits per heavy atom. The van der Waals surface area contributed by atoms with Crippen LogP contribution >= 0.6 is 11.3 Å². The summed E-state index contributed by atoms with van der Waals surface area (Å²) in [6, 6.07) is 5.08. The van der Waals surface area contributed by atoms with Gasteiger partial charge >= 0.3 is 6.18 Å². The molecular formula is C20H22F3N3O4S2. The molecule has 32 heavy (non-hydrogen) atoms. The summed E-state index contributed by atoms with van der Waals surface area (Å²) in [7, 11) is -3.94. The number of nitrogens with zero attached hydrogens (tertiary/aromatic N) is 2. The van der Waals surface area contributed by atoms with Crippen molar-refractivity contribution in [2.24, 2.45) is 0 Å². The number of hydrogen-bond acceptors (Lipinski definition) is 5. The van der Waals surface area contributed by atoms with Gasteiger partial charge in [0.1, 0.15) is 0 Å². The molecule has 1 fully saturated rings. The van der Waals surface area contributed by atoms with Crippen molar-refractivity contribution in [1.82, 2.24) is 14.5 Å². The van der Waals surface area contributed by atoms with E-state index < -0.39 is 21.8 Å². The van der Waals surface area contributed by atoms with Gasteiger partial charge in [-0.15, -0.1) is 0 Å². The van der Waals surface area contributed by atoms with E-state index >= 15 is 0 Å². The fourth-order valence-corrected chi connectivity index (χ4v) is 5.30. The van der Waals surface area contributed by atoms with Crippen LogP contribution in [-0.4, -0.2) is 62.2 Å². The number of piperazine rings is 1. The molecule has 0 radical (unpaired) electrons. The second-order valence-corrected chi connectivity index (χ2v) is 9.90. The van der Waals surface area contributed by atoms with E-state index in [0.717, 1.165) is 24.3 Å². The van der Waals surface area contributed by atoms with Crippen molar-refractivity contribution in [1.29, 1.82) is 0 Å². The molecule has 0 saturated carbocycles. The lowest BCUT2D eigenvalue weighted by molar-refractivity contribution is -0.137. The number of nitrogens with one attached hydrogen (secondary N) is 1. The fourth-order valence-electron chi connectivity index (χ4n) is 3.24. The van der Waals surface area contributed by atoms with Gasteiger partial charge in [-0.3, -0.25) is 9.59 Å². The highest BCUT2D eigenvalue weighted by Gasteiger charge is 2.33. The number of carbonyl (C=O) groups is 2. The molecule has 0 aliphatic carbocycles. The Morgan fingerprint density at radius 1 is 1.03 bits per heavy atom. The number of sulfonamides is 1. The van der Waals surface area contributed by atoms with Crippen molar-refractivity contribution in [2.45, 2.75) is 23.9 Å². The minimum atomic E-state index is -4.54. The SMILES string of the molecule is O=C(NCCCC(=O)N1CCN(S(=O)(=O)c2ccc(C(F)(F)F)cc2)CC1)c1ccsc1. The second-order valence-electron chi connectivity index (χ2n) is 7.18. The molecule has 0 atom stereocenters. The minimum Gasteiger partial charge on any atom is -0.352 e. The monoisotopic (exact) mass is 489 g/mol. The van der Waals surface area contributed by atoms with Crippen LogP contribution < -0.4 is 5.32 Å². The largest absolute Gasteiger partial charge is 0.416 e.